The van der Waals surface area contributed by atoms with E-state index in [9.17, 15) is 9.18 Å². The third-order valence-corrected chi connectivity index (χ3v) is 1.98. The molecule has 1 saturated heterocycles. The summed E-state index contributed by atoms with van der Waals surface area (Å²) in [6, 6.07) is 2.71. The monoisotopic (exact) mass is 196 g/mol. The minimum atomic E-state index is -0.612. The van der Waals surface area contributed by atoms with E-state index in [-0.39, 0.29) is 11.8 Å². The molecule has 74 valence electrons. The van der Waals surface area contributed by atoms with Gasteiger partial charge in [-0.1, -0.05) is 0 Å². The molecule has 0 aliphatic carbocycles. The summed E-state index contributed by atoms with van der Waals surface area (Å²) in [5.74, 6) is -0.878. The number of amides is 1. The first-order chi connectivity index (χ1) is 6.77. The molecule has 2 heterocycles. The predicted molar refractivity (Wildman–Crippen MR) is 46.2 cm³/mol. The fourth-order valence-electron chi connectivity index (χ4n) is 1.28. The van der Waals surface area contributed by atoms with E-state index in [0.717, 1.165) is 0 Å². The van der Waals surface area contributed by atoms with Gasteiger partial charge in [0.05, 0.1) is 0 Å². The van der Waals surface area contributed by atoms with Crippen LogP contribution >= 0.6 is 0 Å². The molecule has 0 saturated carbocycles. The van der Waals surface area contributed by atoms with Crippen molar-refractivity contribution in [1.29, 1.82) is 0 Å². The molecule has 1 atom stereocenters. The van der Waals surface area contributed by atoms with Crippen molar-refractivity contribution in [1.82, 2.24) is 10.3 Å². The molecule has 1 aromatic heterocycles. The van der Waals surface area contributed by atoms with Crippen molar-refractivity contribution in [3.05, 3.63) is 24.1 Å². The van der Waals surface area contributed by atoms with E-state index >= 15 is 0 Å². The maximum Gasteiger partial charge on any atom is 0.261 e. The van der Waals surface area contributed by atoms with Crippen molar-refractivity contribution < 1.29 is 13.9 Å². The lowest BCUT2D eigenvalue weighted by Crippen LogP contribution is -2.28. The van der Waals surface area contributed by atoms with Crippen LogP contribution in [-0.2, 0) is 4.79 Å². The Kier molecular flexibility index (Phi) is 2.30. The molecule has 1 unspecified atom stereocenters. The fourth-order valence-corrected chi connectivity index (χ4v) is 1.28. The van der Waals surface area contributed by atoms with Crippen molar-refractivity contribution in [3.63, 3.8) is 0 Å². The summed E-state index contributed by atoms with van der Waals surface area (Å²) < 4.78 is 18.2. The van der Waals surface area contributed by atoms with Crippen LogP contribution in [0.1, 0.15) is 6.42 Å². The van der Waals surface area contributed by atoms with Crippen molar-refractivity contribution in [2.45, 2.75) is 12.5 Å². The van der Waals surface area contributed by atoms with Crippen LogP contribution in [0.3, 0.4) is 0 Å². The average molecular weight is 196 g/mol. The first-order valence-electron chi connectivity index (χ1n) is 4.32. The average Bonchev–Trinajstić information content (AvgIpc) is 2.56. The Labute approximate surface area is 80.1 Å². The highest BCUT2D eigenvalue weighted by Gasteiger charge is 2.26. The second-order valence-corrected chi connectivity index (χ2v) is 2.98. The summed E-state index contributed by atoms with van der Waals surface area (Å²) in [5.41, 5.74) is 0. The molecule has 1 amide bonds. The van der Waals surface area contributed by atoms with Gasteiger partial charge in [0.1, 0.15) is 0 Å². The van der Waals surface area contributed by atoms with Crippen LogP contribution in [0.15, 0.2) is 18.3 Å². The Hall–Kier alpha value is -1.65. The molecule has 0 spiro atoms. The standard InChI is InChI=1S/C9H9FN2O2/c10-6-2-1-4-12-9(6)14-7-3-5-11-8(7)13/h1-2,4,7H,3,5H2,(H,11,13). The minimum absolute atomic E-state index is 0.116. The van der Waals surface area contributed by atoms with E-state index < -0.39 is 11.9 Å². The summed E-state index contributed by atoms with van der Waals surface area (Å²) in [6.45, 7) is 0.567. The highest BCUT2D eigenvalue weighted by molar-refractivity contribution is 5.83. The molecule has 0 radical (unpaired) electrons. The van der Waals surface area contributed by atoms with Gasteiger partial charge >= 0.3 is 0 Å². The van der Waals surface area contributed by atoms with Crippen LogP contribution in [-0.4, -0.2) is 23.5 Å². The van der Waals surface area contributed by atoms with Crippen LogP contribution < -0.4 is 10.1 Å². The molecular formula is C9H9FN2O2. The molecule has 5 heteroatoms. The fraction of sp³-hybridized carbons (Fsp3) is 0.333. The van der Waals surface area contributed by atoms with Crippen LogP contribution in [0.5, 0.6) is 5.88 Å². The van der Waals surface area contributed by atoms with Crippen molar-refractivity contribution in [2.75, 3.05) is 6.54 Å². The zero-order chi connectivity index (χ0) is 9.97. The van der Waals surface area contributed by atoms with Gasteiger partial charge in [-0.05, 0) is 12.1 Å². The van der Waals surface area contributed by atoms with Gasteiger partial charge in [0, 0.05) is 19.2 Å². The molecular weight excluding hydrogens is 187 g/mol. The van der Waals surface area contributed by atoms with Crippen molar-refractivity contribution in [2.24, 2.45) is 0 Å². The lowest BCUT2D eigenvalue weighted by atomic mass is 10.3. The molecule has 0 aromatic carbocycles. The SMILES string of the molecule is O=C1NCCC1Oc1ncccc1F. The number of carbonyl (C=O) groups is 1. The second-order valence-electron chi connectivity index (χ2n) is 2.98. The molecule has 4 nitrogen and oxygen atoms in total. The maximum atomic E-state index is 13.1. The normalized spacial score (nSPS) is 20.6. The van der Waals surface area contributed by atoms with Crippen LogP contribution in [0.4, 0.5) is 4.39 Å². The Balaban J connectivity index is 2.10. The summed E-state index contributed by atoms with van der Waals surface area (Å²) in [7, 11) is 0. The molecule has 1 aliphatic rings. The summed E-state index contributed by atoms with van der Waals surface area (Å²) in [5, 5.41) is 2.60. The smallest absolute Gasteiger partial charge is 0.261 e. The van der Waals surface area contributed by atoms with E-state index in [1.165, 1.54) is 18.3 Å². The predicted octanol–water partition coefficient (Wildman–Crippen LogP) is 0.488. The Bertz CT molecular complexity index is 356. The summed E-state index contributed by atoms with van der Waals surface area (Å²) in [6.07, 6.45) is 1.36. The topological polar surface area (TPSA) is 51.2 Å². The van der Waals surface area contributed by atoms with Gasteiger partial charge < -0.3 is 10.1 Å². The zero-order valence-electron chi connectivity index (χ0n) is 7.37. The van der Waals surface area contributed by atoms with E-state index in [0.29, 0.717) is 13.0 Å². The lowest BCUT2D eigenvalue weighted by molar-refractivity contribution is -0.125. The van der Waals surface area contributed by atoms with Gasteiger partial charge in [0.2, 0.25) is 0 Å². The molecule has 1 aliphatic heterocycles. The molecule has 1 N–H and O–H groups in total. The van der Waals surface area contributed by atoms with E-state index in [2.05, 4.69) is 10.3 Å². The summed E-state index contributed by atoms with van der Waals surface area (Å²) in [4.78, 5) is 14.8. The highest BCUT2D eigenvalue weighted by atomic mass is 19.1. The first-order valence-corrected chi connectivity index (χ1v) is 4.32. The molecule has 2 rings (SSSR count). The molecule has 1 aromatic rings. The maximum absolute atomic E-state index is 13.1. The number of halogens is 1. The third kappa shape index (κ3) is 1.66. The van der Waals surface area contributed by atoms with Crippen molar-refractivity contribution >= 4 is 5.91 Å². The molecule has 1 fully saturated rings. The van der Waals surface area contributed by atoms with Crippen LogP contribution in [0, 0.1) is 5.82 Å². The number of ether oxygens (including phenoxy) is 1. The van der Waals surface area contributed by atoms with Gasteiger partial charge in [-0.15, -0.1) is 0 Å². The zero-order valence-corrected chi connectivity index (χ0v) is 7.37. The second kappa shape index (κ2) is 3.61. The number of pyridine rings is 1. The summed E-state index contributed by atoms with van der Waals surface area (Å²) >= 11 is 0. The van der Waals surface area contributed by atoms with Gasteiger partial charge in [0.15, 0.2) is 11.9 Å². The van der Waals surface area contributed by atoms with Gasteiger partial charge in [-0.2, -0.15) is 0 Å². The number of hydrogen-bond donors (Lipinski definition) is 1. The van der Waals surface area contributed by atoms with Crippen LogP contribution in [0.25, 0.3) is 0 Å². The highest BCUT2D eigenvalue weighted by Crippen LogP contribution is 2.15. The van der Waals surface area contributed by atoms with Gasteiger partial charge in [0.25, 0.3) is 11.8 Å². The van der Waals surface area contributed by atoms with Crippen LogP contribution in [0.2, 0.25) is 0 Å². The first kappa shape index (κ1) is 8.93. The number of nitrogens with zero attached hydrogens (tertiary/aromatic N) is 1. The van der Waals surface area contributed by atoms with Crippen molar-refractivity contribution in [3.8, 4) is 5.88 Å². The number of carbonyl (C=O) groups excluding carboxylic acids is 1. The lowest BCUT2D eigenvalue weighted by Gasteiger charge is -2.09. The third-order valence-electron chi connectivity index (χ3n) is 1.98. The Morgan fingerprint density at radius 2 is 2.50 bits per heavy atom. The van der Waals surface area contributed by atoms with E-state index in [1.807, 2.05) is 0 Å². The van der Waals surface area contributed by atoms with Gasteiger partial charge in [-0.25, -0.2) is 9.37 Å². The van der Waals surface area contributed by atoms with Gasteiger partial charge in [-0.3, -0.25) is 4.79 Å². The Morgan fingerprint density at radius 1 is 1.64 bits per heavy atom. The minimum Gasteiger partial charge on any atom is -0.462 e. The number of rotatable bonds is 2. The number of hydrogen-bond acceptors (Lipinski definition) is 3. The number of nitrogens with one attached hydrogen (secondary N) is 1. The van der Waals surface area contributed by atoms with E-state index in [1.54, 1.807) is 0 Å². The number of aromatic nitrogens is 1. The molecule has 0 bridgehead atoms. The molecule has 14 heavy (non-hydrogen) atoms. The van der Waals surface area contributed by atoms with E-state index in [4.69, 9.17) is 4.74 Å². The Morgan fingerprint density at radius 3 is 3.14 bits per heavy atom. The quantitative estimate of drug-likeness (QED) is 0.748. The largest absolute Gasteiger partial charge is 0.462 e.